The first kappa shape index (κ1) is 12.4. The molecule has 0 aliphatic carbocycles. The minimum absolute atomic E-state index is 0.0225. The highest BCUT2D eigenvalue weighted by Crippen LogP contribution is 2.20. The third kappa shape index (κ3) is 2.27. The number of rotatable bonds is 4. The maximum atomic E-state index is 11.3. The van der Waals surface area contributed by atoms with Crippen molar-refractivity contribution in [2.45, 2.75) is 20.3 Å². The molecule has 0 aliphatic rings. The van der Waals surface area contributed by atoms with E-state index < -0.39 is 10.9 Å². The molecule has 0 bridgehead atoms. The van der Waals surface area contributed by atoms with E-state index in [9.17, 15) is 9.59 Å². The quantitative estimate of drug-likeness (QED) is 0.804. The molecule has 0 unspecified atom stereocenters. The van der Waals surface area contributed by atoms with Crippen molar-refractivity contribution >= 4 is 17.1 Å². The fraction of sp³-hybridized carbons (Fsp3) is 0.286. The van der Waals surface area contributed by atoms with E-state index in [0.717, 1.165) is 12.1 Å². The van der Waals surface area contributed by atoms with E-state index in [-0.39, 0.29) is 11.4 Å². The van der Waals surface area contributed by atoms with Crippen molar-refractivity contribution in [1.82, 2.24) is 0 Å². The number of nitrogens with one attached hydrogen (secondary N) is 1. The van der Waals surface area contributed by atoms with Crippen molar-refractivity contribution in [3.63, 3.8) is 0 Å². The summed E-state index contributed by atoms with van der Waals surface area (Å²) in [5.41, 5.74) is 6.53. The number of nitrogens with two attached hydrogens (primary N) is 1. The van der Waals surface area contributed by atoms with Gasteiger partial charge in [-0.15, -0.1) is 0 Å². The second kappa shape index (κ2) is 4.64. The van der Waals surface area contributed by atoms with E-state index in [2.05, 4.69) is 19.2 Å². The predicted molar refractivity (Wildman–Crippen MR) is 74.0 cm³/mol. The van der Waals surface area contributed by atoms with E-state index in [1.54, 1.807) is 0 Å². The van der Waals surface area contributed by atoms with Gasteiger partial charge in [-0.25, -0.2) is 0 Å². The van der Waals surface area contributed by atoms with Gasteiger partial charge in [0.25, 0.3) is 10.9 Å². The maximum absolute atomic E-state index is 11.3. The van der Waals surface area contributed by atoms with Gasteiger partial charge in [-0.2, -0.15) is 0 Å². The molecule has 0 atom stereocenters. The molecule has 2 rings (SSSR count). The van der Waals surface area contributed by atoms with E-state index in [1.165, 1.54) is 5.56 Å². The number of nitrogen functional groups attached to an aromatic ring is 1. The molecule has 0 aromatic heterocycles. The van der Waals surface area contributed by atoms with E-state index in [0.29, 0.717) is 5.92 Å². The summed E-state index contributed by atoms with van der Waals surface area (Å²) < 4.78 is 0. The Hall–Kier alpha value is -2.10. The van der Waals surface area contributed by atoms with Crippen LogP contribution in [0.25, 0.3) is 0 Å². The minimum atomic E-state index is -0.601. The van der Waals surface area contributed by atoms with Crippen molar-refractivity contribution in [2.24, 2.45) is 5.92 Å². The molecule has 18 heavy (non-hydrogen) atoms. The van der Waals surface area contributed by atoms with Gasteiger partial charge in [-0.3, -0.25) is 9.59 Å². The average Bonchev–Trinajstić information content (AvgIpc) is 2.34. The molecule has 0 saturated heterocycles. The Kier molecular flexibility index (Phi) is 3.19. The molecule has 0 aliphatic heterocycles. The van der Waals surface area contributed by atoms with E-state index in [4.69, 9.17) is 5.73 Å². The first-order valence-electron chi connectivity index (χ1n) is 5.93. The zero-order valence-electron chi connectivity index (χ0n) is 10.5. The molecule has 0 fully saturated rings. The molecule has 2 aromatic rings. The Bertz CT molecular complexity index is 637. The fourth-order valence-corrected chi connectivity index (χ4v) is 1.93. The maximum Gasteiger partial charge on any atom is 0.253 e. The van der Waals surface area contributed by atoms with Gasteiger partial charge in [-0.1, -0.05) is 26.0 Å². The van der Waals surface area contributed by atoms with Gasteiger partial charge in [0.2, 0.25) is 0 Å². The number of hydrogen-bond acceptors (Lipinski definition) is 4. The molecular weight excluding hydrogens is 228 g/mol. The van der Waals surface area contributed by atoms with Crippen LogP contribution in [0.5, 0.6) is 0 Å². The SMILES string of the molecule is CC(C)Cc1cccc(Nc2c(N)c(=O)c2=O)c1. The molecule has 2 aromatic carbocycles. The lowest BCUT2D eigenvalue weighted by atomic mass is 10.0. The van der Waals surface area contributed by atoms with Crippen LogP contribution in [0.4, 0.5) is 17.1 Å². The largest absolute Gasteiger partial charge is 0.394 e. The first-order valence-corrected chi connectivity index (χ1v) is 5.93. The molecule has 0 amide bonds. The third-order valence-corrected chi connectivity index (χ3v) is 2.79. The average molecular weight is 244 g/mol. The number of anilines is 3. The second-order valence-electron chi connectivity index (χ2n) is 4.87. The van der Waals surface area contributed by atoms with Crippen LogP contribution >= 0.6 is 0 Å². The molecule has 0 radical (unpaired) electrons. The van der Waals surface area contributed by atoms with Crippen molar-refractivity contribution in [3.05, 3.63) is 50.3 Å². The Balaban J connectivity index is 2.20. The monoisotopic (exact) mass is 244 g/mol. The van der Waals surface area contributed by atoms with Gasteiger partial charge >= 0.3 is 0 Å². The lowest BCUT2D eigenvalue weighted by Gasteiger charge is -2.11. The van der Waals surface area contributed by atoms with Crippen molar-refractivity contribution in [1.29, 1.82) is 0 Å². The van der Waals surface area contributed by atoms with E-state index >= 15 is 0 Å². The summed E-state index contributed by atoms with van der Waals surface area (Å²) in [5.74, 6) is 0.566. The topological polar surface area (TPSA) is 72.2 Å². The van der Waals surface area contributed by atoms with Crippen LogP contribution in [0.1, 0.15) is 19.4 Å². The zero-order valence-corrected chi connectivity index (χ0v) is 10.5. The Morgan fingerprint density at radius 3 is 2.56 bits per heavy atom. The Labute approximate surface area is 105 Å². The standard InChI is InChI=1S/C14H16N2O2/c1-8(2)6-9-4-3-5-10(7-9)16-12-11(15)13(17)14(12)18/h3-5,7-8,16H,6,15H2,1-2H3. The van der Waals surface area contributed by atoms with Gasteiger partial charge in [0.05, 0.1) is 0 Å². The van der Waals surface area contributed by atoms with Crippen molar-refractivity contribution < 1.29 is 0 Å². The third-order valence-electron chi connectivity index (χ3n) is 2.79. The van der Waals surface area contributed by atoms with Gasteiger partial charge in [0.1, 0.15) is 11.4 Å². The highest BCUT2D eigenvalue weighted by atomic mass is 16.2. The first-order chi connectivity index (χ1) is 8.49. The number of benzene rings is 1. The normalized spacial score (nSPS) is 11.1. The highest BCUT2D eigenvalue weighted by molar-refractivity contribution is 5.76. The van der Waals surface area contributed by atoms with Gasteiger partial charge in [0.15, 0.2) is 0 Å². The molecule has 4 heteroatoms. The smallest absolute Gasteiger partial charge is 0.253 e. The molecule has 94 valence electrons. The van der Waals surface area contributed by atoms with Gasteiger partial charge in [0, 0.05) is 5.69 Å². The fourth-order valence-electron chi connectivity index (χ4n) is 1.93. The van der Waals surface area contributed by atoms with Crippen LogP contribution in [0.15, 0.2) is 33.9 Å². The van der Waals surface area contributed by atoms with Crippen LogP contribution in [-0.2, 0) is 6.42 Å². The Morgan fingerprint density at radius 2 is 1.94 bits per heavy atom. The molecule has 0 spiro atoms. The lowest BCUT2D eigenvalue weighted by Crippen LogP contribution is -2.36. The summed E-state index contributed by atoms with van der Waals surface area (Å²) in [6, 6.07) is 7.77. The molecule has 0 saturated carbocycles. The van der Waals surface area contributed by atoms with E-state index in [1.807, 2.05) is 24.3 Å². The predicted octanol–water partition coefficient (Wildman–Crippen LogP) is 1.81. The lowest BCUT2D eigenvalue weighted by molar-refractivity contribution is 0.647. The summed E-state index contributed by atoms with van der Waals surface area (Å²) in [7, 11) is 0. The van der Waals surface area contributed by atoms with Crippen molar-refractivity contribution in [3.8, 4) is 0 Å². The van der Waals surface area contributed by atoms with Crippen LogP contribution in [0.3, 0.4) is 0 Å². The molecule has 4 nitrogen and oxygen atoms in total. The Morgan fingerprint density at radius 1 is 1.22 bits per heavy atom. The highest BCUT2D eigenvalue weighted by Gasteiger charge is 2.17. The summed E-state index contributed by atoms with van der Waals surface area (Å²) in [5, 5.41) is 2.91. The summed E-state index contributed by atoms with van der Waals surface area (Å²) in [4.78, 5) is 22.3. The van der Waals surface area contributed by atoms with Crippen LogP contribution in [-0.4, -0.2) is 0 Å². The van der Waals surface area contributed by atoms with Crippen LogP contribution in [0.2, 0.25) is 0 Å². The summed E-state index contributed by atoms with van der Waals surface area (Å²) in [6.07, 6.45) is 0.969. The molecule has 0 heterocycles. The van der Waals surface area contributed by atoms with Crippen LogP contribution < -0.4 is 21.9 Å². The summed E-state index contributed by atoms with van der Waals surface area (Å²) in [6.45, 7) is 4.30. The van der Waals surface area contributed by atoms with Gasteiger partial charge in [-0.05, 0) is 30.0 Å². The van der Waals surface area contributed by atoms with Crippen molar-refractivity contribution in [2.75, 3.05) is 11.1 Å². The molecule has 3 N–H and O–H groups in total. The minimum Gasteiger partial charge on any atom is -0.394 e. The second-order valence-corrected chi connectivity index (χ2v) is 4.87. The zero-order chi connectivity index (χ0) is 13.3. The van der Waals surface area contributed by atoms with Crippen LogP contribution in [0, 0.1) is 5.92 Å². The van der Waals surface area contributed by atoms with Gasteiger partial charge < -0.3 is 11.1 Å². The number of hydrogen-bond donors (Lipinski definition) is 2. The molecular formula is C14H16N2O2. The summed E-state index contributed by atoms with van der Waals surface area (Å²) >= 11 is 0.